The first-order valence-electron chi connectivity index (χ1n) is 8.56. The Hall–Kier alpha value is -2.84. The molecule has 0 unspecified atom stereocenters. The van der Waals surface area contributed by atoms with Crippen LogP contribution in [0.25, 0.3) is 50.4 Å². The fourth-order valence-electron chi connectivity index (χ4n) is 4.17. The quantitative estimate of drug-likeness (QED) is 0.279. The molecule has 26 heavy (non-hydrogen) atoms. The predicted octanol–water partition coefficient (Wildman–Crippen LogP) is 7.42. The molecule has 5 aromatic rings. The molecule has 0 spiro atoms. The average Bonchev–Trinajstić information content (AvgIpc) is 3.00. The number of para-hydroxylation sites is 1. The summed E-state index contributed by atoms with van der Waals surface area (Å²) in [5.41, 5.74) is 5.85. The van der Waals surface area contributed by atoms with Gasteiger partial charge in [-0.1, -0.05) is 71.6 Å². The van der Waals surface area contributed by atoms with Gasteiger partial charge in [-0.2, -0.15) is 0 Å². The zero-order valence-corrected chi connectivity index (χ0v) is 15.8. The van der Waals surface area contributed by atoms with Gasteiger partial charge in [-0.25, -0.2) is 0 Å². The van der Waals surface area contributed by atoms with Crippen LogP contribution in [0, 0.1) is 0 Å². The standard InChI is InChI=1S/C24H16BrN/c1-3-17-18(4-2)20-13-15(25)14-22-24(20)23-19(17)11-8-12-21(23)26(22)16-9-6-5-7-10-16/h3-14H,1-2H2. The molecule has 4 aromatic carbocycles. The summed E-state index contributed by atoms with van der Waals surface area (Å²) in [5.74, 6) is 0. The summed E-state index contributed by atoms with van der Waals surface area (Å²) in [4.78, 5) is 0. The van der Waals surface area contributed by atoms with Crippen molar-refractivity contribution in [2.24, 2.45) is 0 Å². The molecular formula is C24H16BrN. The molecule has 0 aliphatic carbocycles. The van der Waals surface area contributed by atoms with Crippen molar-refractivity contribution in [3.8, 4) is 5.69 Å². The van der Waals surface area contributed by atoms with E-state index < -0.39 is 0 Å². The highest BCUT2D eigenvalue weighted by Gasteiger charge is 2.20. The van der Waals surface area contributed by atoms with Crippen LogP contribution in [0.5, 0.6) is 0 Å². The summed E-state index contributed by atoms with van der Waals surface area (Å²) in [5, 5.41) is 5.00. The van der Waals surface area contributed by atoms with Crippen molar-refractivity contribution >= 4 is 60.7 Å². The normalized spacial score (nSPS) is 11.6. The maximum absolute atomic E-state index is 4.07. The van der Waals surface area contributed by atoms with Crippen LogP contribution < -0.4 is 0 Å². The second kappa shape index (κ2) is 5.58. The Kier molecular flexibility index (Phi) is 3.31. The van der Waals surface area contributed by atoms with Crippen molar-refractivity contribution in [2.45, 2.75) is 0 Å². The van der Waals surface area contributed by atoms with Crippen molar-refractivity contribution in [3.63, 3.8) is 0 Å². The molecule has 0 saturated carbocycles. The number of hydrogen-bond acceptors (Lipinski definition) is 0. The molecule has 0 atom stereocenters. The maximum atomic E-state index is 4.07. The van der Waals surface area contributed by atoms with Gasteiger partial charge in [0.1, 0.15) is 0 Å². The minimum Gasteiger partial charge on any atom is -0.309 e. The number of aromatic nitrogens is 1. The van der Waals surface area contributed by atoms with E-state index in [1.807, 2.05) is 12.2 Å². The number of rotatable bonds is 3. The van der Waals surface area contributed by atoms with Crippen LogP contribution in [0.2, 0.25) is 0 Å². The molecule has 0 radical (unpaired) electrons. The molecule has 5 rings (SSSR count). The Bertz CT molecular complexity index is 1310. The SMILES string of the molecule is C=Cc1c(C=C)c2cc(Br)cc3c2c2c1cccc2n3-c1ccccc1. The molecule has 0 saturated heterocycles. The number of benzene rings is 4. The van der Waals surface area contributed by atoms with Gasteiger partial charge in [-0.05, 0) is 52.2 Å². The third-order valence-corrected chi connectivity index (χ3v) is 5.61. The predicted molar refractivity (Wildman–Crippen MR) is 117 cm³/mol. The molecule has 0 aliphatic heterocycles. The van der Waals surface area contributed by atoms with Crippen LogP contribution in [-0.2, 0) is 0 Å². The van der Waals surface area contributed by atoms with E-state index in [4.69, 9.17) is 0 Å². The lowest BCUT2D eigenvalue weighted by molar-refractivity contribution is 1.18. The lowest BCUT2D eigenvalue weighted by atomic mass is 9.92. The van der Waals surface area contributed by atoms with Gasteiger partial charge < -0.3 is 4.57 Å². The molecule has 0 amide bonds. The molecule has 0 aliphatic rings. The van der Waals surface area contributed by atoms with E-state index in [1.54, 1.807) is 0 Å². The third-order valence-electron chi connectivity index (χ3n) is 5.15. The number of hydrogen-bond donors (Lipinski definition) is 0. The van der Waals surface area contributed by atoms with Crippen molar-refractivity contribution in [1.29, 1.82) is 0 Å². The highest BCUT2D eigenvalue weighted by atomic mass is 79.9. The van der Waals surface area contributed by atoms with E-state index in [-0.39, 0.29) is 0 Å². The monoisotopic (exact) mass is 397 g/mol. The lowest BCUT2D eigenvalue weighted by Crippen LogP contribution is -1.92. The molecule has 1 nitrogen and oxygen atoms in total. The van der Waals surface area contributed by atoms with Gasteiger partial charge in [0.25, 0.3) is 0 Å². The van der Waals surface area contributed by atoms with Gasteiger partial charge in [-0.15, -0.1) is 0 Å². The molecule has 0 N–H and O–H groups in total. The number of nitrogens with zero attached hydrogens (tertiary/aromatic N) is 1. The summed E-state index contributed by atoms with van der Waals surface area (Å²) in [6.45, 7) is 8.14. The average molecular weight is 398 g/mol. The van der Waals surface area contributed by atoms with Gasteiger partial charge >= 0.3 is 0 Å². The molecule has 124 valence electrons. The van der Waals surface area contributed by atoms with Crippen molar-refractivity contribution in [2.75, 3.05) is 0 Å². The van der Waals surface area contributed by atoms with E-state index in [2.05, 4.69) is 94.3 Å². The first kappa shape index (κ1) is 15.4. The van der Waals surface area contributed by atoms with Crippen molar-refractivity contribution in [3.05, 3.63) is 89.4 Å². The first-order chi connectivity index (χ1) is 12.7. The lowest BCUT2D eigenvalue weighted by Gasteiger charge is -2.11. The minimum atomic E-state index is 1.06. The van der Waals surface area contributed by atoms with Crippen LogP contribution in [0.4, 0.5) is 0 Å². The Morgan fingerprint density at radius 1 is 0.731 bits per heavy atom. The summed E-state index contributed by atoms with van der Waals surface area (Å²) < 4.78 is 3.40. The topological polar surface area (TPSA) is 4.93 Å². The fourth-order valence-corrected chi connectivity index (χ4v) is 4.62. The van der Waals surface area contributed by atoms with Crippen LogP contribution in [-0.4, -0.2) is 4.57 Å². The summed E-state index contributed by atoms with van der Waals surface area (Å²) in [6, 6.07) is 21.4. The largest absolute Gasteiger partial charge is 0.309 e. The van der Waals surface area contributed by atoms with Crippen molar-refractivity contribution in [1.82, 2.24) is 4.57 Å². The van der Waals surface area contributed by atoms with Gasteiger partial charge in [0.2, 0.25) is 0 Å². The highest BCUT2D eigenvalue weighted by molar-refractivity contribution is 9.10. The van der Waals surface area contributed by atoms with Gasteiger partial charge in [0.05, 0.1) is 11.0 Å². The minimum absolute atomic E-state index is 1.06. The smallest absolute Gasteiger partial charge is 0.0558 e. The van der Waals surface area contributed by atoms with E-state index in [0.29, 0.717) is 0 Å². The van der Waals surface area contributed by atoms with E-state index in [0.717, 1.165) is 21.3 Å². The van der Waals surface area contributed by atoms with Crippen molar-refractivity contribution < 1.29 is 0 Å². The summed E-state index contributed by atoms with van der Waals surface area (Å²) >= 11 is 3.71. The Morgan fingerprint density at radius 2 is 1.42 bits per heavy atom. The van der Waals surface area contributed by atoms with Crippen LogP contribution in [0.1, 0.15) is 11.1 Å². The van der Waals surface area contributed by atoms with Gasteiger partial charge in [0, 0.05) is 20.9 Å². The van der Waals surface area contributed by atoms with E-state index >= 15 is 0 Å². The molecule has 0 bridgehead atoms. The maximum Gasteiger partial charge on any atom is 0.0558 e. The van der Waals surface area contributed by atoms with Crippen LogP contribution in [0.15, 0.2) is 78.3 Å². The van der Waals surface area contributed by atoms with Crippen LogP contribution in [0.3, 0.4) is 0 Å². The zero-order valence-electron chi connectivity index (χ0n) is 14.2. The Balaban J connectivity index is 2.16. The molecule has 1 aromatic heterocycles. The first-order valence-corrected chi connectivity index (χ1v) is 9.36. The fraction of sp³-hybridized carbons (Fsp3) is 0. The summed E-state index contributed by atoms with van der Waals surface area (Å²) in [6.07, 6.45) is 3.89. The molecule has 0 fully saturated rings. The van der Waals surface area contributed by atoms with E-state index in [1.165, 1.54) is 32.6 Å². The Labute approximate surface area is 160 Å². The Morgan fingerprint density at radius 3 is 2.15 bits per heavy atom. The second-order valence-electron chi connectivity index (χ2n) is 6.45. The molecular weight excluding hydrogens is 382 g/mol. The van der Waals surface area contributed by atoms with Crippen LogP contribution >= 0.6 is 15.9 Å². The molecule has 2 heteroatoms. The molecule has 1 heterocycles. The van der Waals surface area contributed by atoms with Gasteiger partial charge in [-0.3, -0.25) is 0 Å². The highest BCUT2D eigenvalue weighted by Crippen LogP contribution is 2.44. The summed E-state index contributed by atoms with van der Waals surface area (Å²) in [7, 11) is 0. The zero-order chi connectivity index (χ0) is 17.8. The van der Waals surface area contributed by atoms with Gasteiger partial charge in [0.15, 0.2) is 0 Å². The number of halogens is 1. The second-order valence-corrected chi connectivity index (χ2v) is 7.37. The van der Waals surface area contributed by atoms with E-state index in [9.17, 15) is 0 Å². The third kappa shape index (κ3) is 1.91.